The normalized spacial score (nSPS) is 16.4. The van der Waals surface area contributed by atoms with Crippen molar-refractivity contribution in [1.29, 1.82) is 0 Å². The van der Waals surface area contributed by atoms with Crippen LogP contribution in [0.2, 0.25) is 5.28 Å². The van der Waals surface area contributed by atoms with Gasteiger partial charge in [0.1, 0.15) is 0 Å². The molecule has 0 saturated heterocycles. The van der Waals surface area contributed by atoms with Gasteiger partial charge in [-0.25, -0.2) is 0 Å². The SMILES string of the molecule is Nc1nc(Cl)nc(NCC2CCC2)n1. The van der Waals surface area contributed by atoms with E-state index in [-0.39, 0.29) is 11.2 Å². The number of hydrogen-bond donors (Lipinski definition) is 2. The quantitative estimate of drug-likeness (QED) is 0.792. The van der Waals surface area contributed by atoms with E-state index in [4.69, 9.17) is 17.3 Å². The molecule has 1 aliphatic rings. The van der Waals surface area contributed by atoms with E-state index in [0.717, 1.165) is 12.5 Å². The second-order valence-electron chi connectivity index (χ2n) is 3.46. The van der Waals surface area contributed by atoms with Crippen LogP contribution in [0, 0.1) is 5.92 Å². The summed E-state index contributed by atoms with van der Waals surface area (Å²) in [4.78, 5) is 11.5. The Balaban J connectivity index is 1.94. The van der Waals surface area contributed by atoms with E-state index >= 15 is 0 Å². The van der Waals surface area contributed by atoms with Crippen molar-refractivity contribution in [3.05, 3.63) is 5.28 Å². The second-order valence-corrected chi connectivity index (χ2v) is 3.80. The van der Waals surface area contributed by atoms with Gasteiger partial charge in [0.2, 0.25) is 17.2 Å². The summed E-state index contributed by atoms with van der Waals surface area (Å²) in [6.45, 7) is 0.889. The number of anilines is 2. The van der Waals surface area contributed by atoms with Crippen LogP contribution in [0.4, 0.5) is 11.9 Å². The van der Waals surface area contributed by atoms with Crippen molar-refractivity contribution in [3.63, 3.8) is 0 Å². The van der Waals surface area contributed by atoms with E-state index in [0.29, 0.717) is 5.95 Å². The number of nitrogen functional groups attached to an aromatic ring is 1. The molecule has 1 aliphatic carbocycles. The lowest BCUT2D eigenvalue weighted by Crippen LogP contribution is -2.22. The first-order valence-electron chi connectivity index (χ1n) is 4.65. The molecule has 1 aromatic heterocycles. The second kappa shape index (κ2) is 3.96. The summed E-state index contributed by atoms with van der Waals surface area (Å²) in [5.41, 5.74) is 5.43. The average molecular weight is 214 g/mol. The summed E-state index contributed by atoms with van der Waals surface area (Å²) in [7, 11) is 0. The molecule has 0 aromatic carbocycles. The molecule has 1 aromatic rings. The molecular formula is C8H12ClN5. The van der Waals surface area contributed by atoms with Crippen LogP contribution < -0.4 is 11.1 Å². The summed E-state index contributed by atoms with van der Waals surface area (Å²) < 4.78 is 0. The number of hydrogen-bond acceptors (Lipinski definition) is 5. The first kappa shape index (κ1) is 9.45. The Kier molecular flexibility index (Phi) is 2.67. The summed E-state index contributed by atoms with van der Waals surface area (Å²) in [6.07, 6.45) is 3.88. The van der Waals surface area contributed by atoms with E-state index in [2.05, 4.69) is 20.3 Å². The highest BCUT2D eigenvalue weighted by Gasteiger charge is 2.17. The highest BCUT2D eigenvalue weighted by molar-refractivity contribution is 6.28. The lowest BCUT2D eigenvalue weighted by Gasteiger charge is -2.25. The fourth-order valence-electron chi connectivity index (χ4n) is 1.38. The Hall–Kier alpha value is -1.10. The molecular weight excluding hydrogens is 202 g/mol. The fourth-order valence-corrected chi connectivity index (χ4v) is 1.54. The van der Waals surface area contributed by atoms with Crippen molar-refractivity contribution < 1.29 is 0 Å². The van der Waals surface area contributed by atoms with E-state index in [1.54, 1.807) is 0 Å². The molecule has 14 heavy (non-hydrogen) atoms. The Labute approximate surface area is 87.1 Å². The number of nitrogens with one attached hydrogen (secondary N) is 1. The topological polar surface area (TPSA) is 76.7 Å². The van der Waals surface area contributed by atoms with Gasteiger partial charge in [0, 0.05) is 6.54 Å². The van der Waals surface area contributed by atoms with Crippen LogP contribution in [0.3, 0.4) is 0 Å². The third-order valence-electron chi connectivity index (χ3n) is 2.40. The maximum Gasteiger partial charge on any atom is 0.228 e. The highest BCUT2D eigenvalue weighted by atomic mass is 35.5. The van der Waals surface area contributed by atoms with Gasteiger partial charge in [-0.15, -0.1) is 0 Å². The molecule has 1 fully saturated rings. The molecule has 2 rings (SSSR count). The van der Waals surface area contributed by atoms with Gasteiger partial charge in [0.25, 0.3) is 0 Å². The van der Waals surface area contributed by atoms with Crippen LogP contribution in [0.15, 0.2) is 0 Å². The molecule has 6 heteroatoms. The lowest BCUT2D eigenvalue weighted by atomic mass is 9.85. The lowest BCUT2D eigenvalue weighted by molar-refractivity contribution is 0.333. The molecule has 1 heterocycles. The van der Waals surface area contributed by atoms with E-state index in [1.165, 1.54) is 19.3 Å². The minimum absolute atomic E-state index is 0.133. The van der Waals surface area contributed by atoms with Crippen molar-refractivity contribution in [2.24, 2.45) is 5.92 Å². The molecule has 0 aliphatic heterocycles. The van der Waals surface area contributed by atoms with Crippen molar-refractivity contribution in [2.75, 3.05) is 17.6 Å². The molecule has 5 nitrogen and oxygen atoms in total. The number of aromatic nitrogens is 3. The van der Waals surface area contributed by atoms with Crippen molar-refractivity contribution in [2.45, 2.75) is 19.3 Å². The Bertz CT molecular complexity index is 305. The fraction of sp³-hybridized carbons (Fsp3) is 0.625. The zero-order valence-corrected chi connectivity index (χ0v) is 8.46. The minimum Gasteiger partial charge on any atom is -0.368 e. The van der Waals surface area contributed by atoms with Gasteiger partial charge < -0.3 is 11.1 Å². The van der Waals surface area contributed by atoms with Crippen molar-refractivity contribution in [1.82, 2.24) is 15.0 Å². The molecule has 0 atom stereocenters. The van der Waals surface area contributed by atoms with Crippen molar-refractivity contribution in [3.8, 4) is 0 Å². The largest absolute Gasteiger partial charge is 0.368 e. The molecule has 0 spiro atoms. The number of halogens is 1. The van der Waals surface area contributed by atoms with Gasteiger partial charge in [-0.05, 0) is 30.4 Å². The molecule has 1 saturated carbocycles. The van der Waals surface area contributed by atoms with Gasteiger partial charge >= 0.3 is 0 Å². The summed E-state index contributed by atoms with van der Waals surface area (Å²) in [5, 5.41) is 3.23. The third-order valence-corrected chi connectivity index (χ3v) is 2.57. The molecule has 3 N–H and O–H groups in total. The maximum atomic E-state index is 5.63. The zero-order chi connectivity index (χ0) is 9.97. The molecule has 0 unspecified atom stereocenters. The average Bonchev–Trinajstić information content (AvgIpc) is 1.99. The van der Waals surface area contributed by atoms with Crippen molar-refractivity contribution >= 4 is 23.5 Å². The van der Waals surface area contributed by atoms with Crippen LogP contribution in [0.1, 0.15) is 19.3 Å². The number of nitrogens with two attached hydrogens (primary N) is 1. The predicted octanol–water partition coefficient (Wildman–Crippen LogP) is 1.32. The Morgan fingerprint density at radius 1 is 1.36 bits per heavy atom. The van der Waals surface area contributed by atoms with E-state index in [1.807, 2.05) is 0 Å². The highest BCUT2D eigenvalue weighted by Crippen LogP contribution is 2.26. The van der Waals surface area contributed by atoms with Gasteiger partial charge in [0.15, 0.2) is 0 Å². The van der Waals surface area contributed by atoms with E-state index in [9.17, 15) is 0 Å². The molecule has 0 bridgehead atoms. The third kappa shape index (κ3) is 2.23. The summed E-state index contributed by atoms with van der Waals surface area (Å²) in [5.74, 6) is 1.36. The van der Waals surface area contributed by atoms with Gasteiger partial charge in [-0.3, -0.25) is 0 Å². The van der Waals surface area contributed by atoms with E-state index < -0.39 is 0 Å². The van der Waals surface area contributed by atoms with Gasteiger partial charge in [0.05, 0.1) is 0 Å². The zero-order valence-electron chi connectivity index (χ0n) is 7.70. The maximum absolute atomic E-state index is 5.63. The van der Waals surface area contributed by atoms with Crippen LogP contribution in [-0.2, 0) is 0 Å². The molecule has 0 radical (unpaired) electrons. The summed E-state index contributed by atoms with van der Waals surface area (Å²) in [6, 6.07) is 0. The van der Waals surface area contributed by atoms with Crippen LogP contribution >= 0.6 is 11.6 Å². The molecule has 0 amide bonds. The minimum atomic E-state index is 0.133. The van der Waals surface area contributed by atoms with Crippen LogP contribution in [0.25, 0.3) is 0 Å². The summed E-state index contributed by atoms with van der Waals surface area (Å²) >= 11 is 5.63. The Morgan fingerprint density at radius 3 is 2.71 bits per heavy atom. The smallest absolute Gasteiger partial charge is 0.228 e. The first-order valence-corrected chi connectivity index (χ1v) is 5.03. The monoisotopic (exact) mass is 213 g/mol. The molecule has 76 valence electrons. The van der Waals surface area contributed by atoms with Crippen LogP contribution in [-0.4, -0.2) is 21.5 Å². The van der Waals surface area contributed by atoms with Gasteiger partial charge in [-0.2, -0.15) is 15.0 Å². The standard InChI is InChI=1S/C8H12ClN5/c9-6-12-7(10)14-8(13-6)11-4-5-2-1-3-5/h5H,1-4H2,(H3,10,11,12,13,14). The predicted molar refractivity (Wildman–Crippen MR) is 55.1 cm³/mol. The number of rotatable bonds is 3. The first-order chi connectivity index (χ1) is 6.74. The number of nitrogens with zero attached hydrogens (tertiary/aromatic N) is 3. The van der Waals surface area contributed by atoms with Crippen LogP contribution in [0.5, 0.6) is 0 Å². The van der Waals surface area contributed by atoms with Gasteiger partial charge in [-0.1, -0.05) is 6.42 Å². The Morgan fingerprint density at radius 2 is 2.14 bits per heavy atom.